The zero-order valence-corrected chi connectivity index (χ0v) is 14.6. The maximum absolute atomic E-state index is 13.1. The second-order valence-electron chi connectivity index (χ2n) is 5.89. The van der Waals surface area contributed by atoms with E-state index in [-0.39, 0.29) is 4.90 Å². The minimum absolute atomic E-state index is 0.198. The molecule has 5 nitrogen and oxygen atoms in total. The molecule has 0 amide bonds. The van der Waals surface area contributed by atoms with Gasteiger partial charge < -0.3 is 9.47 Å². The van der Waals surface area contributed by atoms with E-state index in [9.17, 15) is 8.42 Å². The molecular weight excluding hydrogens is 350 g/mol. The van der Waals surface area contributed by atoms with Gasteiger partial charge in [-0.1, -0.05) is 17.7 Å². The Morgan fingerprint density at radius 1 is 1.17 bits per heavy atom. The fourth-order valence-electron chi connectivity index (χ4n) is 3.14. The lowest BCUT2D eigenvalue weighted by molar-refractivity contribution is 0.348. The average Bonchev–Trinajstić information content (AvgIpc) is 3.17. The molecule has 0 atom stereocenters. The number of sulfonamides is 1. The molecule has 0 aliphatic carbocycles. The molecule has 2 aromatic rings. The van der Waals surface area contributed by atoms with E-state index in [2.05, 4.69) is 4.72 Å². The van der Waals surface area contributed by atoms with Crippen LogP contribution in [0.25, 0.3) is 0 Å². The number of hydrogen-bond acceptors (Lipinski definition) is 4. The van der Waals surface area contributed by atoms with Gasteiger partial charge in [0.2, 0.25) is 0 Å². The summed E-state index contributed by atoms with van der Waals surface area (Å²) in [6.45, 7) is 2.74. The smallest absolute Gasteiger partial charge is 0.266 e. The standard InChI is InChI=1S/C17H16ClNO4S/c1-10-13(18)3-2-4-14(10)19-24(20,21)17-12-6-8-22-15(12)9-11-5-7-23-16(11)17/h2-4,9,19H,5-8H2,1H3. The van der Waals surface area contributed by atoms with Crippen molar-refractivity contribution in [2.45, 2.75) is 24.7 Å². The number of anilines is 1. The molecule has 0 bridgehead atoms. The monoisotopic (exact) mass is 365 g/mol. The van der Waals surface area contributed by atoms with Crippen molar-refractivity contribution in [2.24, 2.45) is 0 Å². The van der Waals surface area contributed by atoms with E-state index in [0.717, 1.165) is 5.56 Å². The first kappa shape index (κ1) is 15.6. The van der Waals surface area contributed by atoms with Gasteiger partial charge >= 0.3 is 0 Å². The fraction of sp³-hybridized carbons (Fsp3) is 0.294. The molecule has 126 valence electrons. The zero-order chi connectivity index (χ0) is 16.9. The molecule has 2 aromatic carbocycles. The Labute approximate surface area is 145 Å². The Morgan fingerprint density at radius 3 is 2.79 bits per heavy atom. The molecule has 2 aliphatic rings. The molecule has 0 spiro atoms. The van der Waals surface area contributed by atoms with Gasteiger partial charge in [-0.2, -0.15) is 0 Å². The van der Waals surface area contributed by atoms with Gasteiger partial charge in [0, 0.05) is 29.0 Å². The number of benzene rings is 2. The van der Waals surface area contributed by atoms with Gasteiger partial charge in [-0.25, -0.2) is 8.42 Å². The van der Waals surface area contributed by atoms with Crippen LogP contribution in [0.3, 0.4) is 0 Å². The molecule has 7 heteroatoms. The Kier molecular flexibility index (Phi) is 3.62. The van der Waals surface area contributed by atoms with Crippen molar-refractivity contribution in [3.63, 3.8) is 0 Å². The van der Waals surface area contributed by atoms with Gasteiger partial charge in [-0.05, 0) is 30.7 Å². The van der Waals surface area contributed by atoms with Crippen molar-refractivity contribution in [1.82, 2.24) is 0 Å². The van der Waals surface area contributed by atoms with E-state index < -0.39 is 10.0 Å². The molecule has 2 heterocycles. The molecule has 0 radical (unpaired) electrons. The summed E-state index contributed by atoms with van der Waals surface area (Å²) in [7, 11) is -3.82. The summed E-state index contributed by atoms with van der Waals surface area (Å²) in [5.41, 5.74) is 2.71. The normalized spacial score (nSPS) is 15.4. The van der Waals surface area contributed by atoms with E-state index in [0.29, 0.717) is 59.4 Å². The highest BCUT2D eigenvalue weighted by Crippen LogP contribution is 2.43. The summed E-state index contributed by atoms with van der Waals surface area (Å²) in [6, 6.07) is 7.03. The molecule has 0 unspecified atom stereocenters. The predicted octanol–water partition coefficient (Wildman–Crippen LogP) is 3.32. The molecule has 1 N–H and O–H groups in total. The Hall–Kier alpha value is -1.92. The average molecular weight is 366 g/mol. The van der Waals surface area contributed by atoms with E-state index in [1.165, 1.54) is 0 Å². The van der Waals surface area contributed by atoms with Crippen LogP contribution in [0.1, 0.15) is 16.7 Å². The molecule has 2 aliphatic heterocycles. The third-order valence-electron chi connectivity index (χ3n) is 4.38. The van der Waals surface area contributed by atoms with Crippen LogP contribution in [0.5, 0.6) is 11.5 Å². The lowest BCUT2D eigenvalue weighted by atomic mass is 10.1. The van der Waals surface area contributed by atoms with E-state index in [1.807, 2.05) is 6.07 Å². The quantitative estimate of drug-likeness (QED) is 0.906. The first-order valence-electron chi connectivity index (χ1n) is 7.69. The highest BCUT2D eigenvalue weighted by molar-refractivity contribution is 7.92. The molecule has 0 fully saturated rings. The number of hydrogen-bond donors (Lipinski definition) is 1. The van der Waals surface area contributed by atoms with Crippen LogP contribution in [0.4, 0.5) is 5.69 Å². The molecule has 0 saturated carbocycles. The second kappa shape index (κ2) is 5.57. The lowest BCUT2D eigenvalue weighted by Gasteiger charge is -2.16. The van der Waals surface area contributed by atoms with Gasteiger partial charge in [-0.15, -0.1) is 0 Å². The minimum atomic E-state index is -3.82. The number of fused-ring (bicyclic) bond motifs is 2. The maximum Gasteiger partial charge on any atom is 0.266 e. The first-order chi connectivity index (χ1) is 11.5. The van der Waals surface area contributed by atoms with E-state index in [1.54, 1.807) is 25.1 Å². The molecular formula is C17H16ClNO4S. The van der Waals surface area contributed by atoms with Crippen LogP contribution < -0.4 is 14.2 Å². The van der Waals surface area contributed by atoms with Crippen molar-refractivity contribution in [3.05, 3.63) is 46.0 Å². The molecule has 24 heavy (non-hydrogen) atoms. The van der Waals surface area contributed by atoms with Crippen LogP contribution in [0.2, 0.25) is 5.02 Å². The lowest BCUT2D eigenvalue weighted by Crippen LogP contribution is -2.16. The van der Waals surface area contributed by atoms with Crippen LogP contribution in [0.15, 0.2) is 29.2 Å². The van der Waals surface area contributed by atoms with Crippen LogP contribution >= 0.6 is 11.6 Å². The Morgan fingerprint density at radius 2 is 1.96 bits per heavy atom. The van der Waals surface area contributed by atoms with Gasteiger partial charge in [0.1, 0.15) is 16.4 Å². The highest BCUT2D eigenvalue weighted by Gasteiger charge is 2.34. The predicted molar refractivity (Wildman–Crippen MR) is 91.8 cm³/mol. The van der Waals surface area contributed by atoms with Gasteiger partial charge in [-0.3, -0.25) is 4.72 Å². The summed E-state index contributed by atoms with van der Waals surface area (Å²) in [5.74, 6) is 1.09. The fourth-order valence-corrected chi connectivity index (χ4v) is 4.89. The van der Waals surface area contributed by atoms with Crippen molar-refractivity contribution in [2.75, 3.05) is 17.9 Å². The summed E-state index contributed by atoms with van der Waals surface area (Å²) in [5, 5.41) is 0.512. The molecule has 0 aromatic heterocycles. The van der Waals surface area contributed by atoms with E-state index in [4.69, 9.17) is 21.1 Å². The van der Waals surface area contributed by atoms with Crippen LogP contribution in [-0.4, -0.2) is 21.6 Å². The third-order valence-corrected chi connectivity index (χ3v) is 6.25. The highest BCUT2D eigenvalue weighted by atomic mass is 35.5. The Bertz CT molecular complexity index is 908. The number of ether oxygens (including phenoxy) is 2. The summed E-state index contributed by atoms with van der Waals surface area (Å²) in [4.78, 5) is 0.198. The minimum Gasteiger partial charge on any atom is -0.493 e. The van der Waals surface area contributed by atoms with E-state index >= 15 is 0 Å². The number of rotatable bonds is 3. The van der Waals surface area contributed by atoms with Gasteiger partial charge in [0.25, 0.3) is 10.0 Å². The van der Waals surface area contributed by atoms with Crippen LogP contribution in [0, 0.1) is 6.92 Å². The van der Waals surface area contributed by atoms with Crippen LogP contribution in [-0.2, 0) is 22.9 Å². The maximum atomic E-state index is 13.1. The van der Waals surface area contributed by atoms with Gasteiger partial charge in [0.15, 0.2) is 0 Å². The number of halogens is 1. The zero-order valence-electron chi connectivity index (χ0n) is 13.1. The SMILES string of the molecule is Cc1c(Cl)cccc1NS(=O)(=O)c1c2c(cc3c1OCC3)OCC2. The first-order valence-corrected chi connectivity index (χ1v) is 9.56. The van der Waals surface area contributed by atoms with Crippen molar-refractivity contribution in [1.29, 1.82) is 0 Å². The topological polar surface area (TPSA) is 64.6 Å². The number of nitrogens with one attached hydrogen (secondary N) is 1. The van der Waals surface area contributed by atoms with Crippen molar-refractivity contribution >= 4 is 27.3 Å². The van der Waals surface area contributed by atoms with Gasteiger partial charge in [0.05, 0.1) is 18.9 Å². The Balaban J connectivity index is 1.85. The third kappa shape index (κ3) is 2.41. The van der Waals surface area contributed by atoms with Crippen molar-refractivity contribution < 1.29 is 17.9 Å². The summed E-state index contributed by atoms with van der Waals surface area (Å²) < 4.78 is 40.1. The molecule has 4 rings (SSSR count). The van der Waals surface area contributed by atoms with Crippen molar-refractivity contribution in [3.8, 4) is 11.5 Å². The summed E-state index contributed by atoms with van der Waals surface area (Å²) >= 11 is 6.10. The largest absolute Gasteiger partial charge is 0.493 e. The summed E-state index contributed by atoms with van der Waals surface area (Å²) in [6.07, 6.45) is 1.24. The molecule has 0 saturated heterocycles. The second-order valence-corrected chi connectivity index (χ2v) is 7.91.